The number of carbonyl (C=O) groups excluding carboxylic acids is 2. The van der Waals surface area contributed by atoms with Crippen LogP contribution in [0, 0.1) is 0 Å². The molecule has 0 radical (unpaired) electrons. The highest BCUT2D eigenvalue weighted by atomic mass is 35.5. The number of amides is 1. The third kappa shape index (κ3) is 7.58. The zero-order valence-corrected chi connectivity index (χ0v) is 28.1. The Morgan fingerprint density at radius 1 is 0.915 bits per heavy atom. The van der Waals surface area contributed by atoms with Crippen molar-refractivity contribution in [2.75, 3.05) is 57.8 Å². The number of fused-ring (bicyclic) bond motifs is 1. The van der Waals surface area contributed by atoms with Crippen molar-refractivity contribution >= 4 is 45.8 Å². The van der Waals surface area contributed by atoms with Gasteiger partial charge in [-0.15, -0.1) is 0 Å². The van der Waals surface area contributed by atoms with Crippen LogP contribution >= 0.6 is 11.6 Å². The molecule has 1 saturated heterocycles. The number of anilines is 1. The summed E-state index contributed by atoms with van der Waals surface area (Å²) in [6.07, 6.45) is 2.34. The maximum atomic E-state index is 13.0. The van der Waals surface area contributed by atoms with Gasteiger partial charge in [0.05, 0.1) is 7.11 Å². The van der Waals surface area contributed by atoms with Gasteiger partial charge >= 0.3 is 12.1 Å². The summed E-state index contributed by atoms with van der Waals surface area (Å²) < 4.78 is 17.1. The fourth-order valence-electron chi connectivity index (χ4n) is 6.22. The Hall–Kier alpha value is -4.47. The standard InChI is InChI=1S/C37H41ClN4O5/c1-37(2,3)47-36(44)42-17-15-29(25-8-10-27(38)11-9-25)26(24-42)23-40-18-20-41(21-19-40)28-12-13-31(35(43)45-4)34(22-28)46-33-7-5-6-32-30(33)14-16-39-32/h5-14,16,22,39H,15,17-21,23-24H2,1-4H3. The molecule has 1 fully saturated rings. The highest BCUT2D eigenvalue weighted by Crippen LogP contribution is 2.35. The molecule has 3 aromatic carbocycles. The van der Waals surface area contributed by atoms with Gasteiger partial charge in [0.25, 0.3) is 0 Å². The molecule has 0 bridgehead atoms. The summed E-state index contributed by atoms with van der Waals surface area (Å²) in [7, 11) is 1.37. The average molecular weight is 657 g/mol. The molecule has 0 unspecified atom stereocenters. The molecule has 2 aliphatic rings. The molecule has 3 heterocycles. The summed E-state index contributed by atoms with van der Waals surface area (Å²) >= 11 is 6.20. The van der Waals surface area contributed by atoms with Gasteiger partial charge in [-0.05, 0) is 86.4 Å². The fourth-order valence-corrected chi connectivity index (χ4v) is 6.35. The van der Waals surface area contributed by atoms with E-state index in [2.05, 4.69) is 26.9 Å². The smallest absolute Gasteiger partial charge is 0.410 e. The molecule has 0 saturated carbocycles. The van der Waals surface area contributed by atoms with Gasteiger partial charge in [0.1, 0.15) is 22.7 Å². The number of aromatic amines is 1. The average Bonchev–Trinajstić information content (AvgIpc) is 3.55. The Bertz CT molecular complexity index is 1780. The lowest BCUT2D eigenvalue weighted by Crippen LogP contribution is -2.48. The van der Waals surface area contributed by atoms with E-state index in [1.807, 2.05) is 80.4 Å². The van der Waals surface area contributed by atoms with Gasteiger partial charge in [-0.3, -0.25) is 4.90 Å². The summed E-state index contributed by atoms with van der Waals surface area (Å²) in [5.41, 5.74) is 5.37. The molecule has 0 aliphatic carbocycles. The first-order valence-electron chi connectivity index (χ1n) is 16.0. The minimum Gasteiger partial charge on any atom is -0.465 e. The zero-order valence-electron chi connectivity index (χ0n) is 27.3. The normalized spacial score (nSPS) is 16.0. The number of piperazine rings is 1. The number of hydrogen-bond acceptors (Lipinski definition) is 7. The van der Waals surface area contributed by atoms with Crippen LogP contribution in [0.5, 0.6) is 11.5 Å². The number of carbonyl (C=O) groups is 2. The SMILES string of the molecule is COC(=O)c1ccc(N2CCN(CC3=C(c4ccc(Cl)cc4)CCN(C(=O)OC(C)(C)C)C3)CC2)cc1Oc1cccc2[nH]ccc12. The second kappa shape index (κ2) is 13.7. The lowest BCUT2D eigenvalue weighted by molar-refractivity contribution is 0.0261. The number of methoxy groups -OCH3 is 1. The van der Waals surface area contributed by atoms with Gasteiger partial charge in [-0.25, -0.2) is 9.59 Å². The lowest BCUT2D eigenvalue weighted by Gasteiger charge is -2.39. The van der Waals surface area contributed by atoms with E-state index in [1.54, 1.807) is 6.07 Å². The second-order valence-corrected chi connectivity index (χ2v) is 13.4. The van der Waals surface area contributed by atoms with Crippen molar-refractivity contribution in [1.82, 2.24) is 14.8 Å². The van der Waals surface area contributed by atoms with Crippen molar-refractivity contribution in [2.24, 2.45) is 0 Å². The van der Waals surface area contributed by atoms with Gasteiger partial charge in [-0.1, -0.05) is 29.8 Å². The third-order valence-corrected chi connectivity index (χ3v) is 8.83. The van der Waals surface area contributed by atoms with E-state index in [0.717, 1.165) is 61.3 Å². The quantitative estimate of drug-likeness (QED) is 0.205. The monoisotopic (exact) mass is 656 g/mol. The van der Waals surface area contributed by atoms with Gasteiger partial charge in [-0.2, -0.15) is 0 Å². The number of nitrogens with one attached hydrogen (secondary N) is 1. The van der Waals surface area contributed by atoms with E-state index in [9.17, 15) is 9.59 Å². The topological polar surface area (TPSA) is 87.3 Å². The van der Waals surface area contributed by atoms with Crippen LogP contribution in [-0.2, 0) is 9.47 Å². The molecule has 1 aromatic heterocycles. The Labute approximate surface area is 280 Å². The maximum absolute atomic E-state index is 13.0. The second-order valence-electron chi connectivity index (χ2n) is 13.0. The molecule has 1 N–H and O–H groups in total. The molecule has 246 valence electrons. The number of H-pyrrole nitrogens is 1. The van der Waals surface area contributed by atoms with Crippen LogP contribution in [0.15, 0.2) is 78.5 Å². The number of benzene rings is 3. The van der Waals surface area contributed by atoms with Gasteiger partial charge < -0.3 is 29.0 Å². The predicted octanol–water partition coefficient (Wildman–Crippen LogP) is 7.62. The Morgan fingerprint density at radius 2 is 1.68 bits per heavy atom. The van der Waals surface area contributed by atoms with Crippen LogP contribution in [0.2, 0.25) is 5.02 Å². The summed E-state index contributed by atoms with van der Waals surface area (Å²) in [6.45, 7) is 10.8. The Morgan fingerprint density at radius 3 is 2.40 bits per heavy atom. The number of ether oxygens (including phenoxy) is 3. The summed E-state index contributed by atoms with van der Waals surface area (Å²) in [6, 6.07) is 21.4. The molecule has 9 nitrogen and oxygen atoms in total. The van der Waals surface area contributed by atoms with E-state index in [0.29, 0.717) is 35.2 Å². The highest BCUT2D eigenvalue weighted by Gasteiger charge is 2.29. The molecule has 6 rings (SSSR count). The van der Waals surface area contributed by atoms with Crippen LogP contribution in [0.4, 0.5) is 10.5 Å². The molecular weight excluding hydrogens is 616 g/mol. The van der Waals surface area contributed by atoms with Crippen molar-refractivity contribution < 1.29 is 23.8 Å². The number of aromatic nitrogens is 1. The van der Waals surface area contributed by atoms with E-state index >= 15 is 0 Å². The molecule has 10 heteroatoms. The Kier molecular flexibility index (Phi) is 9.47. The van der Waals surface area contributed by atoms with Gasteiger partial charge in [0, 0.05) is 79.7 Å². The van der Waals surface area contributed by atoms with Crippen LogP contribution in [0.3, 0.4) is 0 Å². The number of hydrogen-bond donors (Lipinski definition) is 1. The molecule has 1 amide bonds. The Balaban J connectivity index is 1.19. The van der Waals surface area contributed by atoms with Gasteiger partial charge in [0.2, 0.25) is 0 Å². The van der Waals surface area contributed by atoms with E-state index in [4.69, 9.17) is 25.8 Å². The first kappa shape index (κ1) is 32.5. The minimum atomic E-state index is -0.552. The predicted molar refractivity (Wildman–Crippen MR) is 186 cm³/mol. The fraction of sp³-hybridized carbons (Fsp3) is 0.351. The number of rotatable bonds is 7. The first-order valence-corrected chi connectivity index (χ1v) is 16.3. The highest BCUT2D eigenvalue weighted by molar-refractivity contribution is 6.30. The molecular formula is C37H41ClN4O5. The summed E-state index contributed by atoms with van der Waals surface area (Å²) in [5.74, 6) is 0.663. The van der Waals surface area contributed by atoms with Crippen LogP contribution in [-0.4, -0.2) is 85.4 Å². The van der Waals surface area contributed by atoms with Crippen LogP contribution in [0.25, 0.3) is 16.5 Å². The maximum Gasteiger partial charge on any atom is 0.410 e. The first-order chi connectivity index (χ1) is 22.6. The van der Waals surface area contributed by atoms with E-state index < -0.39 is 11.6 Å². The minimum absolute atomic E-state index is 0.281. The van der Waals surface area contributed by atoms with Crippen molar-refractivity contribution in [2.45, 2.75) is 32.8 Å². The van der Waals surface area contributed by atoms with E-state index in [-0.39, 0.29) is 6.09 Å². The largest absolute Gasteiger partial charge is 0.465 e. The van der Waals surface area contributed by atoms with Crippen molar-refractivity contribution in [3.63, 3.8) is 0 Å². The van der Waals surface area contributed by atoms with Crippen molar-refractivity contribution in [1.29, 1.82) is 0 Å². The van der Waals surface area contributed by atoms with Crippen LogP contribution in [0.1, 0.15) is 43.1 Å². The zero-order chi connectivity index (χ0) is 33.1. The van der Waals surface area contributed by atoms with Crippen LogP contribution < -0.4 is 9.64 Å². The van der Waals surface area contributed by atoms with E-state index in [1.165, 1.54) is 18.3 Å². The summed E-state index contributed by atoms with van der Waals surface area (Å²) in [4.78, 5) is 35.4. The number of esters is 1. The molecule has 2 aliphatic heterocycles. The van der Waals surface area contributed by atoms with Crippen molar-refractivity contribution in [3.05, 3.63) is 94.6 Å². The lowest BCUT2D eigenvalue weighted by atomic mass is 9.93. The molecule has 47 heavy (non-hydrogen) atoms. The molecule has 0 atom stereocenters. The molecule has 0 spiro atoms. The third-order valence-electron chi connectivity index (χ3n) is 8.58. The number of nitrogens with zero attached hydrogens (tertiary/aromatic N) is 3. The van der Waals surface area contributed by atoms with Crippen molar-refractivity contribution in [3.8, 4) is 11.5 Å². The summed E-state index contributed by atoms with van der Waals surface area (Å²) in [5, 5.41) is 1.63. The molecule has 4 aromatic rings. The number of halogens is 1. The van der Waals surface area contributed by atoms with Gasteiger partial charge in [0.15, 0.2) is 0 Å².